The van der Waals surface area contributed by atoms with Gasteiger partial charge in [-0.3, -0.25) is 4.98 Å². The van der Waals surface area contributed by atoms with E-state index in [-0.39, 0.29) is 0 Å². The van der Waals surface area contributed by atoms with E-state index in [0.717, 1.165) is 11.1 Å². The third-order valence-electron chi connectivity index (χ3n) is 1.90. The molecule has 1 nitrogen and oxygen atoms in total. The highest BCUT2D eigenvalue weighted by Gasteiger charge is 1.93. The van der Waals surface area contributed by atoms with Crippen molar-refractivity contribution in [2.75, 3.05) is 0 Å². The van der Waals surface area contributed by atoms with Crippen molar-refractivity contribution >= 4 is 18.6 Å². The summed E-state index contributed by atoms with van der Waals surface area (Å²) in [6.07, 6.45) is 2.36. The van der Waals surface area contributed by atoms with E-state index in [1.165, 1.54) is 5.39 Å². The topological polar surface area (TPSA) is 12.9 Å². The predicted octanol–water partition coefficient (Wildman–Crippen LogP) is 1.90. The summed E-state index contributed by atoms with van der Waals surface area (Å²) in [6.45, 7) is 0. The van der Waals surface area contributed by atoms with Crippen LogP contribution in [0.4, 0.5) is 0 Å². The third kappa shape index (κ3) is 1.20. The van der Waals surface area contributed by atoms with Crippen molar-refractivity contribution in [2.45, 2.75) is 6.32 Å². The second-order valence-electron chi connectivity index (χ2n) is 2.73. The van der Waals surface area contributed by atoms with E-state index in [9.17, 15) is 0 Å². The molecule has 2 aromatic rings. The fourth-order valence-electron chi connectivity index (χ4n) is 1.24. The van der Waals surface area contributed by atoms with Crippen molar-refractivity contribution in [1.29, 1.82) is 0 Å². The van der Waals surface area contributed by atoms with Crippen LogP contribution < -0.4 is 0 Å². The Morgan fingerprint density at radius 3 is 2.67 bits per heavy atom. The highest BCUT2D eigenvalue weighted by molar-refractivity contribution is 6.08. The van der Waals surface area contributed by atoms with Gasteiger partial charge in [0, 0.05) is 17.3 Å². The summed E-state index contributed by atoms with van der Waals surface area (Å²) in [5.74, 6) is 0. The van der Waals surface area contributed by atoms with Crippen molar-refractivity contribution in [3.05, 3.63) is 42.2 Å². The molecular weight excluding hydrogens is 145 g/mol. The first-order valence-corrected chi connectivity index (χ1v) is 3.94. The van der Waals surface area contributed by atoms with Gasteiger partial charge in [-0.15, -0.1) is 0 Å². The molecule has 12 heavy (non-hydrogen) atoms. The van der Waals surface area contributed by atoms with Crippen molar-refractivity contribution in [3.63, 3.8) is 0 Å². The van der Waals surface area contributed by atoms with Gasteiger partial charge in [0.05, 0.1) is 7.85 Å². The Labute approximate surface area is 72.8 Å². The Balaban J connectivity index is 2.67. The van der Waals surface area contributed by atoms with Crippen molar-refractivity contribution < 1.29 is 0 Å². The van der Waals surface area contributed by atoms with E-state index in [2.05, 4.69) is 11.1 Å². The Bertz CT molecular complexity index is 398. The van der Waals surface area contributed by atoms with Gasteiger partial charge in [0.15, 0.2) is 0 Å². The van der Waals surface area contributed by atoms with Gasteiger partial charge in [-0.2, -0.15) is 0 Å². The first-order chi connectivity index (χ1) is 5.90. The number of fused-ring (bicyclic) bond motifs is 1. The molecular formula is C10H8BN. The second kappa shape index (κ2) is 2.98. The molecule has 0 saturated carbocycles. The highest BCUT2D eigenvalue weighted by Crippen LogP contribution is 2.12. The number of nitrogens with zero attached hydrogens (tertiary/aromatic N) is 1. The number of rotatable bonds is 1. The molecule has 0 aliphatic carbocycles. The van der Waals surface area contributed by atoms with Crippen LogP contribution >= 0.6 is 0 Å². The van der Waals surface area contributed by atoms with E-state index in [1.807, 2.05) is 30.5 Å². The summed E-state index contributed by atoms with van der Waals surface area (Å²) >= 11 is 0. The van der Waals surface area contributed by atoms with Gasteiger partial charge in [-0.05, 0) is 17.8 Å². The zero-order chi connectivity index (χ0) is 8.39. The molecule has 0 aliphatic heterocycles. The van der Waals surface area contributed by atoms with Crippen LogP contribution in [-0.4, -0.2) is 12.8 Å². The van der Waals surface area contributed by atoms with Crippen molar-refractivity contribution in [1.82, 2.24) is 4.98 Å². The molecule has 0 N–H and O–H groups in total. The molecule has 0 aliphatic rings. The number of pyridine rings is 1. The van der Waals surface area contributed by atoms with Crippen LogP contribution in [0.25, 0.3) is 10.8 Å². The summed E-state index contributed by atoms with van der Waals surface area (Å²) in [4.78, 5) is 4.20. The maximum Gasteiger partial charge on any atom is 0.0738 e. The minimum absolute atomic E-state index is 0.505. The average Bonchev–Trinajstić information content (AvgIpc) is 2.17. The summed E-state index contributed by atoms with van der Waals surface area (Å²) < 4.78 is 0. The zero-order valence-electron chi connectivity index (χ0n) is 6.70. The van der Waals surface area contributed by atoms with Crippen LogP contribution in [0.5, 0.6) is 0 Å². The monoisotopic (exact) mass is 153 g/mol. The summed E-state index contributed by atoms with van der Waals surface area (Å²) in [5, 5.41) is 2.36. The van der Waals surface area contributed by atoms with Crippen molar-refractivity contribution in [2.24, 2.45) is 0 Å². The lowest BCUT2D eigenvalue weighted by atomic mass is 10.00. The molecule has 2 radical (unpaired) electrons. The highest BCUT2D eigenvalue weighted by atomic mass is 14.7. The molecule has 0 spiro atoms. The minimum atomic E-state index is 0.505. The van der Waals surface area contributed by atoms with Crippen molar-refractivity contribution in [3.8, 4) is 0 Å². The Kier molecular flexibility index (Phi) is 1.82. The number of hydrogen-bond acceptors (Lipinski definition) is 1. The molecule has 2 rings (SSSR count). The first-order valence-electron chi connectivity index (χ1n) is 3.94. The summed E-state index contributed by atoms with van der Waals surface area (Å²) in [6, 6.07) is 10.2. The smallest absolute Gasteiger partial charge is 0.0738 e. The SMILES string of the molecule is [B]Cc1cc2ccccc2cn1. The molecule has 2 heteroatoms. The maximum absolute atomic E-state index is 5.48. The number of hydrogen-bond donors (Lipinski definition) is 0. The van der Waals surface area contributed by atoms with Gasteiger partial charge in [-0.1, -0.05) is 24.3 Å². The van der Waals surface area contributed by atoms with Crippen LogP contribution in [0.3, 0.4) is 0 Å². The molecule has 1 aromatic carbocycles. The van der Waals surface area contributed by atoms with E-state index >= 15 is 0 Å². The summed E-state index contributed by atoms with van der Waals surface area (Å²) in [7, 11) is 5.48. The van der Waals surface area contributed by atoms with Gasteiger partial charge in [-0.25, -0.2) is 0 Å². The molecule has 0 fully saturated rings. The molecule has 0 unspecified atom stereocenters. The zero-order valence-corrected chi connectivity index (χ0v) is 6.70. The molecule has 1 aromatic heterocycles. The van der Waals surface area contributed by atoms with Crippen LogP contribution in [0.2, 0.25) is 0 Å². The van der Waals surface area contributed by atoms with E-state index in [1.54, 1.807) is 0 Å². The van der Waals surface area contributed by atoms with Gasteiger partial charge < -0.3 is 0 Å². The Hall–Kier alpha value is -1.31. The predicted molar refractivity (Wildman–Crippen MR) is 51.2 cm³/mol. The Morgan fingerprint density at radius 2 is 1.92 bits per heavy atom. The lowest BCUT2D eigenvalue weighted by Crippen LogP contribution is -1.88. The van der Waals surface area contributed by atoms with Crippen LogP contribution in [0.1, 0.15) is 5.69 Å². The fraction of sp³-hybridized carbons (Fsp3) is 0.100. The maximum atomic E-state index is 5.48. The number of aromatic nitrogens is 1. The van der Waals surface area contributed by atoms with Gasteiger partial charge in [0.2, 0.25) is 0 Å². The first kappa shape index (κ1) is 7.35. The quantitative estimate of drug-likeness (QED) is 0.570. The van der Waals surface area contributed by atoms with E-state index in [0.29, 0.717) is 6.32 Å². The van der Waals surface area contributed by atoms with Crippen LogP contribution in [0.15, 0.2) is 36.5 Å². The second-order valence-corrected chi connectivity index (χ2v) is 2.73. The standard InChI is InChI=1S/C10H8BN/c11-6-10-5-8-3-1-2-4-9(8)7-12-10/h1-5,7H,6H2. The minimum Gasteiger partial charge on any atom is -0.261 e. The van der Waals surface area contributed by atoms with E-state index < -0.39 is 0 Å². The lowest BCUT2D eigenvalue weighted by molar-refractivity contribution is 1.19. The Morgan fingerprint density at radius 1 is 1.17 bits per heavy atom. The van der Waals surface area contributed by atoms with E-state index in [4.69, 9.17) is 7.85 Å². The summed E-state index contributed by atoms with van der Waals surface area (Å²) in [5.41, 5.74) is 0.939. The molecule has 0 amide bonds. The third-order valence-corrected chi connectivity index (χ3v) is 1.90. The molecule has 1 heterocycles. The average molecular weight is 153 g/mol. The normalized spacial score (nSPS) is 10.3. The molecule has 0 bridgehead atoms. The van der Waals surface area contributed by atoms with Crippen LogP contribution in [-0.2, 0) is 6.32 Å². The molecule has 0 saturated heterocycles. The van der Waals surface area contributed by atoms with Gasteiger partial charge in [0.25, 0.3) is 0 Å². The molecule has 0 atom stereocenters. The fourth-order valence-corrected chi connectivity index (χ4v) is 1.24. The van der Waals surface area contributed by atoms with Gasteiger partial charge in [0.1, 0.15) is 0 Å². The lowest BCUT2D eigenvalue weighted by Gasteiger charge is -1.98. The van der Waals surface area contributed by atoms with Gasteiger partial charge >= 0.3 is 0 Å². The number of benzene rings is 1. The molecule has 56 valence electrons. The largest absolute Gasteiger partial charge is 0.261 e. The van der Waals surface area contributed by atoms with Crippen LogP contribution in [0, 0.1) is 0 Å².